The number of hydrogen-bond donors (Lipinski definition) is 2. The van der Waals surface area contributed by atoms with E-state index in [4.69, 9.17) is 0 Å². The van der Waals surface area contributed by atoms with Crippen molar-refractivity contribution in [2.75, 3.05) is 0 Å². The Morgan fingerprint density at radius 2 is 1.11 bits per heavy atom. The van der Waals surface area contributed by atoms with Crippen molar-refractivity contribution >= 4 is 0 Å². The van der Waals surface area contributed by atoms with Gasteiger partial charge in [-0.05, 0) is 90.2 Å². The summed E-state index contributed by atoms with van der Waals surface area (Å²) < 4.78 is 0. The normalized spacial score (nSPS) is 12.3. The van der Waals surface area contributed by atoms with Crippen LogP contribution in [0.1, 0.15) is 125 Å². The molecule has 2 rings (SSSR count). The quantitative estimate of drug-likeness (QED) is 0.291. The van der Waals surface area contributed by atoms with Crippen LogP contribution in [-0.4, -0.2) is 10.2 Å². The summed E-state index contributed by atoms with van der Waals surface area (Å²) in [5.74, 6) is 0.949. The minimum Gasteiger partial charge on any atom is -0.507 e. The highest BCUT2D eigenvalue weighted by Crippen LogP contribution is 2.49. The predicted molar refractivity (Wildman–Crippen MR) is 157 cm³/mol. The zero-order valence-electron chi connectivity index (χ0n) is 24.4. The van der Waals surface area contributed by atoms with Gasteiger partial charge in [0.25, 0.3) is 0 Å². The first-order valence-corrected chi connectivity index (χ1v) is 13.8. The molecule has 0 aliphatic rings. The van der Waals surface area contributed by atoms with Crippen molar-refractivity contribution in [3.8, 4) is 11.5 Å². The van der Waals surface area contributed by atoms with Gasteiger partial charge in [0.05, 0.1) is 0 Å². The molecule has 36 heavy (non-hydrogen) atoms. The molecule has 0 unspecified atom stereocenters. The molecule has 0 amide bonds. The molecular formula is C34H50O2. The summed E-state index contributed by atoms with van der Waals surface area (Å²) in [5.41, 5.74) is 8.73. The molecule has 0 aliphatic heterocycles. The van der Waals surface area contributed by atoms with Crippen LogP contribution >= 0.6 is 0 Å². The van der Waals surface area contributed by atoms with E-state index < -0.39 is 0 Å². The van der Waals surface area contributed by atoms with Gasteiger partial charge in [-0.1, -0.05) is 79.2 Å². The summed E-state index contributed by atoms with van der Waals surface area (Å²) in [6, 6.07) is 4.46. The Labute approximate surface area is 221 Å². The van der Waals surface area contributed by atoms with E-state index in [1.54, 1.807) is 0 Å². The molecule has 0 radical (unpaired) electrons. The smallest absolute Gasteiger partial charge is 0.122 e. The summed E-state index contributed by atoms with van der Waals surface area (Å²) >= 11 is 0. The third-order valence-corrected chi connectivity index (χ3v) is 8.39. The Bertz CT molecular complexity index is 1020. The lowest BCUT2D eigenvalue weighted by Gasteiger charge is -2.37. The Kier molecular flexibility index (Phi) is 9.68. The number of phenols is 2. The van der Waals surface area contributed by atoms with E-state index in [1.165, 1.54) is 22.3 Å². The maximum Gasteiger partial charge on any atom is 0.122 e. The average molecular weight is 491 g/mol. The van der Waals surface area contributed by atoms with Crippen LogP contribution in [0.3, 0.4) is 0 Å². The number of hydrogen-bond acceptors (Lipinski definition) is 2. The number of aryl methyl sites for hydroxylation is 2. The van der Waals surface area contributed by atoms with Crippen LogP contribution in [0.5, 0.6) is 11.5 Å². The predicted octanol–water partition coefficient (Wildman–Crippen LogP) is 9.48. The van der Waals surface area contributed by atoms with Crippen molar-refractivity contribution in [2.45, 2.75) is 118 Å². The SMILES string of the molecule is C=CCc1c(O)c(C)cc(C(CCC)c2cc(C)c(O)c(CC=C)c2C(C)(C)CC)c1C(C)(C)CC. The van der Waals surface area contributed by atoms with Crippen LogP contribution in [0.2, 0.25) is 0 Å². The van der Waals surface area contributed by atoms with E-state index in [0.717, 1.165) is 47.9 Å². The molecule has 2 nitrogen and oxygen atoms in total. The second-order valence-electron chi connectivity index (χ2n) is 11.8. The summed E-state index contributed by atoms with van der Waals surface area (Å²) in [6.45, 7) is 27.9. The second-order valence-corrected chi connectivity index (χ2v) is 11.8. The van der Waals surface area contributed by atoms with Gasteiger partial charge in [0.15, 0.2) is 0 Å². The summed E-state index contributed by atoms with van der Waals surface area (Å²) in [7, 11) is 0. The lowest BCUT2D eigenvalue weighted by atomic mass is 9.67. The van der Waals surface area contributed by atoms with Crippen molar-refractivity contribution in [3.05, 3.63) is 82.0 Å². The molecule has 2 aromatic rings. The van der Waals surface area contributed by atoms with E-state index in [2.05, 4.69) is 73.8 Å². The van der Waals surface area contributed by atoms with Gasteiger partial charge in [0.1, 0.15) is 11.5 Å². The molecule has 0 atom stereocenters. The zero-order valence-corrected chi connectivity index (χ0v) is 24.4. The lowest BCUT2D eigenvalue weighted by molar-refractivity contribution is 0.443. The molecule has 2 N–H and O–H groups in total. The van der Waals surface area contributed by atoms with E-state index >= 15 is 0 Å². The first kappa shape index (κ1) is 29.7. The second kappa shape index (κ2) is 11.7. The lowest BCUT2D eigenvalue weighted by Crippen LogP contribution is -2.26. The summed E-state index contributed by atoms with van der Waals surface area (Å²) in [4.78, 5) is 0. The minimum absolute atomic E-state index is 0.110. The maximum atomic E-state index is 11.2. The van der Waals surface area contributed by atoms with Crippen LogP contribution < -0.4 is 0 Å². The van der Waals surface area contributed by atoms with Crippen LogP contribution in [0.25, 0.3) is 0 Å². The van der Waals surface area contributed by atoms with Gasteiger partial charge in [0.2, 0.25) is 0 Å². The third kappa shape index (κ3) is 5.58. The van der Waals surface area contributed by atoms with Crippen molar-refractivity contribution < 1.29 is 10.2 Å². The fourth-order valence-electron chi connectivity index (χ4n) is 5.76. The summed E-state index contributed by atoms with van der Waals surface area (Å²) in [6.07, 6.45) is 9.06. The number of rotatable bonds is 12. The van der Waals surface area contributed by atoms with E-state index in [0.29, 0.717) is 24.3 Å². The molecule has 0 fully saturated rings. The number of phenolic OH excluding ortho intramolecular Hbond substituents is 2. The van der Waals surface area contributed by atoms with Crippen molar-refractivity contribution in [1.29, 1.82) is 0 Å². The minimum atomic E-state index is -0.110. The molecule has 0 spiro atoms. The third-order valence-electron chi connectivity index (χ3n) is 8.39. The molecular weight excluding hydrogens is 440 g/mol. The average Bonchev–Trinajstić information content (AvgIpc) is 2.83. The Balaban J connectivity index is 3.15. The monoisotopic (exact) mass is 490 g/mol. The molecule has 0 bridgehead atoms. The standard InChI is InChI=1S/C34H50O2/c1-12-17-24(27-20-22(6)31(35)25(18-13-2)29(27)33(8,9)15-4)28-21-23(7)32(36)26(19-14-3)30(28)34(10,11)16-5/h13-14,20-21,24,35-36H,2-3,12,15-19H2,1,4-11H3. The van der Waals surface area contributed by atoms with E-state index in [1.807, 2.05) is 26.0 Å². The first-order valence-electron chi connectivity index (χ1n) is 13.8. The van der Waals surface area contributed by atoms with Gasteiger partial charge in [-0.3, -0.25) is 0 Å². The van der Waals surface area contributed by atoms with Crippen LogP contribution in [0.4, 0.5) is 0 Å². The first-order chi connectivity index (χ1) is 16.8. The molecule has 198 valence electrons. The van der Waals surface area contributed by atoms with Gasteiger partial charge in [-0.2, -0.15) is 0 Å². The van der Waals surface area contributed by atoms with Crippen molar-refractivity contribution in [2.24, 2.45) is 0 Å². The maximum absolute atomic E-state index is 11.2. The molecule has 0 heterocycles. The Hall–Kier alpha value is -2.48. The van der Waals surface area contributed by atoms with Gasteiger partial charge in [-0.15, -0.1) is 13.2 Å². The number of benzene rings is 2. The highest BCUT2D eigenvalue weighted by Gasteiger charge is 2.35. The Morgan fingerprint density at radius 3 is 1.39 bits per heavy atom. The number of aromatic hydroxyl groups is 2. The Morgan fingerprint density at radius 1 is 0.750 bits per heavy atom. The van der Waals surface area contributed by atoms with Crippen LogP contribution in [0.15, 0.2) is 37.4 Å². The van der Waals surface area contributed by atoms with E-state index in [9.17, 15) is 10.2 Å². The molecule has 0 aromatic heterocycles. The van der Waals surface area contributed by atoms with Gasteiger partial charge in [-0.25, -0.2) is 0 Å². The molecule has 0 saturated carbocycles. The summed E-state index contributed by atoms with van der Waals surface area (Å²) in [5, 5.41) is 22.4. The van der Waals surface area contributed by atoms with Crippen molar-refractivity contribution in [1.82, 2.24) is 0 Å². The largest absolute Gasteiger partial charge is 0.507 e. The molecule has 2 aromatic carbocycles. The zero-order chi connectivity index (χ0) is 27.4. The van der Waals surface area contributed by atoms with Crippen molar-refractivity contribution in [3.63, 3.8) is 0 Å². The highest BCUT2D eigenvalue weighted by molar-refractivity contribution is 5.60. The van der Waals surface area contributed by atoms with Gasteiger partial charge in [0, 0.05) is 17.0 Å². The topological polar surface area (TPSA) is 40.5 Å². The fourth-order valence-corrected chi connectivity index (χ4v) is 5.76. The molecule has 2 heteroatoms. The highest BCUT2D eigenvalue weighted by atomic mass is 16.3. The van der Waals surface area contributed by atoms with Crippen LogP contribution in [-0.2, 0) is 23.7 Å². The molecule has 0 aliphatic carbocycles. The van der Waals surface area contributed by atoms with Crippen LogP contribution in [0, 0.1) is 13.8 Å². The van der Waals surface area contributed by atoms with Gasteiger partial charge < -0.3 is 10.2 Å². The fraction of sp³-hybridized carbons (Fsp3) is 0.529. The number of allylic oxidation sites excluding steroid dienone is 2. The van der Waals surface area contributed by atoms with Gasteiger partial charge >= 0.3 is 0 Å². The molecule has 0 saturated heterocycles. The van der Waals surface area contributed by atoms with E-state index in [-0.39, 0.29) is 16.7 Å².